The van der Waals surface area contributed by atoms with Crippen LogP contribution in [0.15, 0.2) is 18.2 Å². The lowest BCUT2D eigenvalue weighted by molar-refractivity contribution is -0.122. The number of nitrogens with zero attached hydrogens (tertiary/aromatic N) is 2. The molecule has 22 heavy (non-hydrogen) atoms. The fourth-order valence-corrected chi connectivity index (χ4v) is 2.49. The van der Waals surface area contributed by atoms with Gasteiger partial charge < -0.3 is 10.2 Å². The third kappa shape index (κ3) is 3.82. The van der Waals surface area contributed by atoms with Crippen molar-refractivity contribution in [3.05, 3.63) is 29.6 Å². The molecule has 2 rings (SSSR count). The normalized spacial score (nSPS) is 17.5. The van der Waals surface area contributed by atoms with Crippen molar-refractivity contribution in [1.29, 1.82) is 0 Å². The molecule has 1 N–H and O–H groups in total. The van der Waals surface area contributed by atoms with E-state index in [1.54, 1.807) is 24.8 Å². The molecule has 1 aliphatic heterocycles. The van der Waals surface area contributed by atoms with Gasteiger partial charge >= 0.3 is 0 Å². The number of benzene rings is 1. The molecule has 0 aliphatic carbocycles. The molecule has 1 aliphatic rings. The maximum absolute atomic E-state index is 13.9. The van der Waals surface area contributed by atoms with Crippen LogP contribution >= 0.6 is 0 Å². The third-order valence-electron chi connectivity index (χ3n) is 3.83. The number of hydrogen-bond donors (Lipinski definition) is 1. The Morgan fingerprint density at radius 1 is 1.36 bits per heavy atom. The number of anilines is 1. The van der Waals surface area contributed by atoms with E-state index in [-0.39, 0.29) is 17.9 Å². The number of likely N-dealkylation sites (N-methyl/N-ethyl adjacent to an activating group) is 1. The SMILES string of the molecule is CCC(=O)N[C@H](C)c1cc(F)cc(N2CCN(C)CC2=O)c1. The number of amides is 2. The molecular weight excluding hydrogens is 285 g/mol. The highest BCUT2D eigenvalue weighted by Gasteiger charge is 2.24. The molecule has 1 aromatic carbocycles. The zero-order chi connectivity index (χ0) is 16.3. The van der Waals surface area contributed by atoms with Crippen molar-refractivity contribution < 1.29 is 14.0 Å². The molecular formula is C16H22FN3O2. The molecule has 1 saturated heterocycles. The number of nitrogens with one attached hydrogen (secondary N) is 1. The molecule has 6 heteroatoms. The van der Waals surface area contributed by atoms with Gasteiger partial charge in [-0.2, -0.15) is 0 Å². The Kier molecular flexibility index (Phi) is 5.13. The summed E-state index contributed by atoms with van der Waals surface area (Å²) in [5, 5.41) is 2.80. The Balaban J connectivity index is 2.23. The van der Waals surface area contributed by atoms with Gasteiger partial charge in [0.25, 0.3) is 0 Å². The lowest BCUT2D eigenvalue weighted by atomic mass is 10.1. The minimum atomic E-state index is -0.406. The number of halogens is 1. The van der Waals surface area contributed by atoms with Crippen LogP contribution in [0.25, 0.3) is 0 Å². The number of carbonyl (C=O) groups excluding carboxylic acids is 2. The molecule has 1 atom stereocenters. The molecule has 0 spiro atoms. The lowest BCUT2D eigenvalue weighted by Crippen LogP contribution is -2.49. The number of hydrogen-bond acceptors (Lipinski definition) is 3. The molecule has 0 bridgehead atoms. The van der Waals surface area contributed by atoms with Crippen LogP contribution in [0.1, 0.15) is 31.9 Å². The van der Waals surface area contributed by atoms with Crippen LogP contribution in [-0.2, 0) is 9.59 Å². The van der Waals surface area contributed by atoms with E-state index in [1.165, 1.54) is 12.1 Å². The van der Waals surface area contributed by atoms with E-state index in [0.717, 1.165) is 6.54 Å². The van der Waals surface area contributed by atoms with Crippen LogP contribution in [0, 0.1) is 5.82 Å². The van der Waals surface area contributed by atoms with Gasteiger partial charge in [-0.05, 0) is 37.7 Å². The predicted molar refractivity (Wildman–Crippen MR) is 83.1 cm³/mol. The van der Waals surface area contributed by atoms with Gasteiger partial charge in [0.15, 0.2) is 0 Å². The highest BCUT2D eigenvalue weighted by Crippen LogP contribution is 2.24. The maximum atomic E-state index is 13.9. The van der Waals surface area contributed by atoms with Gasteiger partial charge in [-0.15, -0.1) is 0 Å². The van der Waals surface area contributed by atoms with E-state index in [2.05, 4.69) is 5.32 Å². The van der Waals surface area contributed by atoms with E-state index in [0.29, 0.717) is 30.8 Å². The molecule has 120 valence electrons. The molecule has 0 radical (unpaired) electrons. The minimum absolute atomic E-state index is 0.0458. The zero-order valence-corrected chi connectivity index (χ0v) is 13.2. The number of rotatable bonds is 4. The Hall–Kier alpha value is -1.95. The molecule has 0 aromatic heterocycles. The van der Waals surface area contributed by atoms with Crippen molar-refractivity contribution in [3.8, 4) is 0 Å². The second kappa shape index (κ2) is 6.87. The largest absolute Gasteiger partial charge is 0.350 e. The molecule has 0 saturated carbocycles. The summed E-state index contributed by atoms with van der Waals surface area (Å²) >= 11 is 0. The van der Waals surface area contributed by atoms with E-state index >= 15 is 0 Å². The average molecular weight is 307 g/mol. The van der Waals surface area contributed by atoms with Gasteiger partial charge in [-0.1, -0.05) is 6.92 Å². The highest BCUT2D eigenvalue weighted by molar-refractivity contribution is 5.95. The summed E-state index contributed by atoms with van der Waals surface area (Å²) in [5.41, 5.74) is 1.20. The summed E-state index contributed by atoms with van der Waals surface area (Å²) < 4.78 is 13.9. The summed E-state index contributed by atoms with van der Waals surface area (Å²) in [6.07, 6.45) is 0.378. The molecule has 1 aromatic rings. The molecule has 5 nitrogen and oxygen atoms in total. The summed E-state index contributed by atoms with van der Waals surface area (Å²) in [6, 6.07) is 4.23. The zero-order valence-electron chi connectivity index (χ0n) is 13.2. The third-order valence-corrected chi connectivity index (χ3v) is 3.83. The molecule has 1 heterocycles. The van der Waals surface area contributed by atoms with Crippen molar-refractivity contribution in [2.75, 3.05) is 31.6 Å². The van der Waals surface area contributed by atoms with E-state index in [1.807, 2.05) is 11.9 Å². The first kappa shape index (κ1) is 16.4. The quantitative estimate of drug-likeness (QED) is 0.921. The van der Waals surface area contributed by atoms with Crippen molar-refractivity contribution in [2.45, 2.75) is 26.3 Å². The first-order chi connectivity index (χ1) is 10.4. The number of carbonyl (C=O) groups is 2. The van der Waals surface area contributed by atoms with Crippen molar-refractivity contribution in [3.63, 3.8) is 0 Å². The van der Waals surface area contributed by atoms with E-state index in [9.17, 15) is 14.0 Å². The second-order valence-corrected chi connectivity index (χ2v) is 5.67. The fourth-order valence-electron chi connectivity index (χ4n) is 2.49. The maximum Gasteiger partial charge on any atom is 0.241 e. The van der Waals surface area contributed by atoms with E-state index < -0.39 is 5.82 Å². The standard InChI is InChI=1S/C16H22FN3O2/c1-4-15(21)18-11(2)12-7-13(17)9-14(8-12)20-6-5-19(3)10-16(20)22/h7-9,11H,4-6,10H2,1-3H3,(H,18,21)/t11-/m1/s1. The van der Waals surface area contributed by atoms with Crippen molar-refractivity contribution in [1.82, 2.24) is 10.2 Å². The summed E-state index contributed by atoms with van der Waals surface area (Å²) in [5.74, 6) is -0.540. The van der Waals surface area contributed by atoms with Crippen LogP contribution in [0.5, 0.6) is 0 Å². The Bertz CT molecular complexity index is 577. The van der Waals surface area contributed by atoms with Crippen LogP contribution in [0.2, 0.25) is 0 Å². The van der Waals surface area contributed by atoms with Crippen LogP contribution < -0.4 is 10.2 Å². The summed E-state index contributed by atoms with van der Waals surface area (Å²) in [7, 11) is 1.88. The molecule has 1 fully saturated rings. The first-order valence-corrected chi connectivity index (χ1v) is 7.49. The lowest BCUT2D eigenvalue weighted by Gasteiger charge is -2.32. The predicted octanol–water partition coefficient (Wildman–Crippen LogP) is 1.69. The fraction of sp³-hybridized carbons (Fsp3) is 0.500. The number of piperazine rings is 1. The summed E-state index contributed by atoms with van der Waals surface area (Å²) in [4.78, 5) is 27.1. The Morgan fingerprint density at radius 3 is 2.73 bits per heavy atom. The first-order valence-electron chi connectivity index (χ1n) is 7.49. The van der Waals surface area contributed by atoms with Gasteiger partial charge in [0, 0.05) is 25.2 Å². The topological polar surface area (TPSA) is 52.7 Å². The van der Waals surface area contributed by atoms with Crippen LogP contribution in [-0.4, -0.2) is 43.4 Å². The van der Waals surface area contributed by atoms with E-state index in [4.69, 9.17) is 0 Å². The van der Waals surface area contributed by atoms with Gasteiger partial charge in [0.2, 0.25) is 11.8 Å². The van der Waals surface area contributed by atoms with Crippen molar-refractivity contribution in [2.24, 2.45) is 0 Å². The molecule has 2 amide bonds. The minimum Gasteiger partial charge on any atom is -0.350 e. The van der Waals surface area contributed by atoms with Gasteiger partial charge in [-0.3, -0.25) is 14.5 Å². The summed E-state index contributed by atoms with van der Waals surface area (Å²) in [6.45, 7) is 5.18. The Morgan fingerprint density at radius 2 is 2.09 bits per heavy atom. The average Bonchev–Trinajstić information content (AvgIpc) is 2.46. The molecule has 0 unspecified atom stereocenters. The highest BCUT2D eigenvalue weighted by atomic mass is 19.1. The van der Waals surface area contributed by atoms with Gasteiger partial charge in [0.1, 0.15) is 5.82 Å². The van der Waals surface area contributed by atoms with Gasteiger partial charge in [0.05, 0.1) is 12.6 Å². The Labute approximate surface area is 130 Å². The van der Waals surface area contributed by atoms with Crippen LogP contribution in [0.3, 0.4) is 0 Å². The smallest absolute Gasteiger partial charge is 0.241 e. The second-order valence-electron chi connectivity index (χ2n) is 5.67. The monoisotopic (exact) mass is 307 g/mol. The van der Waals surface area contributed by atoms with Gasteiger partial charge in [-0.25, -0.2) is 4.39 Å². The van der Waals surface area contributed by atoms with Crippen molar-refractivity contribution >= 4 is 17.5 Å². The van der Waals surface area contributed by atoms with Crippen LogP contribution in [0.4, 0.5) is 10.1 Å².